The van der Waals surface area contributed by atoms with Crippen LogP contribution < -0.4 is 19.7 Å². The quantitative estimate of drug-likeness (QED) is 0.391. The highest BCUT2D eigenvalue weighted by Gasteiger charge is 2.24. The fourth-order valence-corrected chi connectivity index (χ4v) is 5.32. The third-order valence-electron chi connectivity index (χ3n) is 5.74. The molecule has 0 unspecified atom stereocenters. The second kappa shape index (κ2) is 11.3. The Labute approximate surface area is 206 Å². The number of fused-ring (bicyclic) bond motifs is 1. The predicted molar refractivity (Wildman–Crippen MR) is 135 cm³/mol. The van der Waals surface area contributed by atoms with E-state index in [1.165, 1.54) is 16.4 Å². The van der Waals surface area contributed by atoms with Crippen molar-refractivity contribution in [2.75, 3.05) is 43.2 Å². The second-order valence-electron chi connectivity index (χ2n) is 7.68. The van der Waals surface area contributed by atoms with Crippen LogP contribution in [-0.2, 0) is 14.8 Å². The molecule has 0 saturated heterocycles. The Morgan fingerprint density at radius 3 is 2.34 bits per heavy atom. The number of nitrogens with zero attached hydrogens (tertiary/aromatic N) is 3. The highest BCUT2D eigenvalue weighted by atomic mass is 32.2. The summed E-state index contributed by atoms with van der Waals surface area (Å²) in [5, 5.41) is 12.4. The summed E-state index contributed by atoms with van der Waals surface area (Å²) in [6.45, 7) is 9.56. The van der Waals surface area contributed by atoms with Gasteiger partial charge in [0.05, 0.1) is 16.3 Å². The van der Waals surface area contributed by atoms with Crippen molar-refractivity contribution < 1.29 is 22.7 Å². The minimum atomic E-state index is -3.74. The van der Waals surface area contributed by atoms with Crippen molar-refractivity contribution in [1.29, 1.82) is 5.26 Å². The molecule has 10 heteroatoms. The predicted octanol–water partition coefficient (Wildman–Crippen LogP) is 3.84. The van der Waals surface area contributed by atoms with Gasteiger partial charge in [-0.25, -0.2) is 8.42 Å². The van der Waals surface area contributed by atoms with Gasteiger partial charge in [0, 0.05) is 26.2 Å². The van der Waals surface area contributed by atoms with Gasteiger partial charge < -0.3 is 19.7 Å². The lowest BCUT2D eigenvalue weighted by molar-refractivity contribution is -0.112. The summed E-state index contributed by atoms with van der Waals surface area (Å²) >= 11 is 0. The van der Waals surface area contributed by atoms with Crippen LogP contribution in [0.5, 0.6) is 11.5 Å². The first-order valence-electron chi connectivity index (χ1n) is 11.5. The summed E-state index contributed by atoms with van der Waals surface area (Å²) < 4.78 is 38.2. The van der Waals surface area contributed by atoms with Gasteiger partial charge in [0.25, 0.3) is 5.91 Å². The number of nitriles is 1. The molecule has 2 aromatic rings. The van der Waals surface area contributed by atoms with Gasteiger partial charge in [-0.3, -0.25) is 4.79 Å². The van der Waals surface area contributed by atoms with E-state index in [4.69, 9.17) is 9.47 Å². The first kappa shape index (κ1) is 26.1. The molecule has 0 fully saturated rings. The molecule has 0 saturated carbocycles. The molecule has 1 aliphatic rings. The van der Waals surface area contributed by atoms with Crippen LogP contribution in [0.25, 0.3) is 6.08 Å². The van der Waals surface area contributed by atoms with Gasteiger partial charge >= 0.3 is 0 Å². The first-order valence-corrected chi connectivity index (χ1v) is 12.9. The summed E-state index contributed by atoms with van der Waals surface area (Å²) in [6, 6.07) is 11.7. The third kappa shape index (κ3) is 5.58. The third-order valence-corrected chi connectivity index (χ3v) is 7.78. The van der Waals surface area contributed by atoms with Crippen molar-refractivity contribution in [2.45, 2.75) is 32.6 Å². The molecule has 0 atom stereocenters. The van der Waals surface area contributed by atoms with Crippen LogP contribution in [-0.4, -0.2) is 51.6 Å². The largest absolute Gasteiger partial charge is 0.454 e. The highest BCUT2D eigenvalue weighted by molar-refractivity contribution is 7.89. The number of ether oxygens (including phenoxy) is 2. The van der Waals surface area contributed by atoms with Crippen LogP contribution in [0.15, 0.2) is 46.9 Å². The van der Waals surface area contributed by atoms with Gasteiger partial charge in [-0.2, -0.15) is 9.57 Å². The van der Waals surface area contributed by atoms with Crippen LogP contribution in [0.4, 0.5) is 11.4 Å². The zero-order valence-corrected chi connectivity index (χ0v) is 21.2. The number of carbonyl (C=O) groups excluding carboxylic acids is 1. The number of sulfonamides is 1. The summed E-state index contributed by atoms with van der Waals surface area (Å²) in [4.78, 5) is 15.2. The molecule has 0 spiro atoms. The number of hydrogen-bond donors (Lipinski definition) is 1. The number of amides is 1. The Morgan fingerprint density at radius 1 is 1.03 bits per heavy atom. The molecular formula is C25H30N4O5S. The van der Waals surface area contributed by atoms with E-state index in [0.29, 0.717) is 54.6 Å². The average Bonchev–Trinajstić information content (AvgIpc) is 3.32. The van der Waals surface area contributed by atoms with E-state index >= 15 is 0 Å². The van der Waals surface area contributed by atoms with Crippen molar-refractivity contribution >= 4 is 33.4 Å². The van der Waals surface area contributed by atoms with Gasteiger partial charge in [0.1, 0.15) is 11.6 Å². The lowest BCUT2D eigenvalue weighted by Gasteiger charge is -2.25. The highest BCUT2D eigenvalue weighted by Crippen LogP contribution is 2.34. The fourth-order valence-electron chi connectivity index (χ4n) is 3.84. The van der Waals surface area contributed by atoms with Crippen LogP contribution in [0.2, 0.25) is 0 Å². The fraction of sp³-hybridized carbons (Fsp3) is 0.360. The molecule has 35 heavy (non-hydrogen) atoms. The van der Waals surface area contributed by atoms with Crippen molar-refractivity contribution in [3.63, 3.8) is 0 Å². The Morgan fingerprint density at radius 2 is 1.71 bits per heavy atom. The van der Waals surface area contributed by atoms with Crippen LogP contribution >= 0.6 is 0 Å². The Hall–Kier alpha value is -3.55. The van der Waals surface area contributed by atoms with E-state index < -0.39 is 15.9 Å². The smallest absolute Gasteiger partial charge is 0.266 e. The summed E-state index contributed by atoms with van der Waals surface area (Å²) in [7, 11) is -3.74. The molecule has 1 amide bonds. The maximum atomic E-state index is 13.1. The topological polar surface area (TPSA) is 112 Å². The van der Waals surface area contributed by atoms with Gasteiger partial charge in [-0.05, 0) is 55.8 Å². The Kier molecular flexibility index (Phi) is 8.38. The molecule has 0 radical (unpaired) electrons. The normalized spacial score (nSPS) is 13.0. The van der Waals surface area contributed by atoms with E-state index in [-0.39, 0.29) is 17.3 Å². The van der Waals surface area contributed by atoms with Crippen LogP contribution in [0, 0.1) is 11.3 Å². The van der Waals surface area contributed by atoms with Crippen molar-refractivity contribution in [1.82, 2.24) is 4.31 Å². The van der Waals surface area contributed by atoms with E-state index in [1.807, 2.05) is 24.8 Å². The van der Waals surface area contributed by atoms with Gasteiger partial charge in [-0.15, -0.1) is 0 Å². The van der Waals surface area contributed by atoms with Crippen LogP contribution in [0.3, 0.4) is 0 Å². The maximum absolute atomic E-state index is 13.1. The van der Waals surface area contributed by atoms with E-state index in [2.05, 4.69) is 5.32 Å². The standard InChI is InChI=1S/C25H30N4O5S/c1-5-28(6-2)22-11-10-20(35(31,32)29(7-3)8-4)15-21(22)27-25(30)19(16-26)13-18-9-12-23-24(14-18)34-17-33-23/h9-15H,5-8,17H2,1-4H3,(H,27,30)/b19-13-. The maximum Gasteiger partial charge on any atom is 0.266 e. The van der Waals surface area contributed by atoms with Gasteiger partial charge in [-0.1, -0.05) is 19.9 Å². The summed E-state index contributed by atoms with van der Waals surface area (Å²) in [6.07, 6.45) is 1.45. The number of anilines is 2. The van der Waals surface area contributed by atoms with Crippen molar-refractivity contribution in [3.05, 3.63) is 47.5 Å². The molecule has 9 nitrogen and oxygen atoms in total. The molecule has 0 bridgehead atoms. The molecule has 0 aromatic heterocycles. The average molecular weight is 499 g/mol. The van der Waals surface area contributed by atoms with E-state index in [0.717, 1.165) is 0 Å². The number of benzene rings is 2. The zero-order chi connectivity index (χ0) is 25.6. The molecule has 1 heterocycles. The molecule has 186 valence electrons. The molecular weight excluding hydrogens is 468 g/mol. The monoisotopic (exact) mass is 498 g/mol. The lowest BCUT2D eigenvalue weighted by atomic mass is 10.1. The zero-order valence-electron chi connectivity index (χ0n) is 20.4. The molecule has 1 aliphatic heterocycles. The Bertz CT molecular complexity index is 1260. The molecule has 3 rings (SSSR count). The molecule has 2 aromatic carbocycles. The van der Waals surface area contributed by atoms with Crippen molar-refractivity contribution in [3.8, 4) is 17.6 Å². The number of hydrogen-bond acceptors (Lipinski definition) is 7. The first-order chi connectivity index (χ1) is 16.8. The van der Waals surface area contributed by atoms with E-state index in [9.17, 15) is 18.5 Å². The second-order valence-corrected chi connectivity index (χ2v) is 9.62. The summed E-state index contributed by atoms with van der Waals surface area (Å²) in [5.41, 5.74) is 1.45. The van der Waals surface area contributed by atoms with Gasteiger partial charge in [0.2, 0.25) is 16.8 Å². The number of rotatable bonds is 10. The van der Waals surface area contributed by atoms with Crippen LogP contribution in [0.1, 0.15) is 33.3 Å². The molecule has 0 aliphatic carbocycles. The lowest BCUT2D eigenvalue weighted by Crippen LogP contribution is -2.31. The SMILES string of the molecule is CCN(CC)c1ccc(S(=O)(=O)N(CC)CC)cc1NC(=O)/C(C#N)=C\c1ccc2c(c1)OCO2. The number of nitrogens with one attached hydrogen (secondary N) is 1. The molecule has 1 N–H and O–H groups in total. The van der Waals surface area contributed by atoms with Crippen molar-refractivity contribution in [2.24, 2.45) is 0 Å². The summed E-state index contributed by atoms with van der Waals surface area (Å²) in [5.74, 6) is 0.491. The minimum absolute atomic E-state index is 0.0747. The number of carbonyl (C=O) groups is 1. The Balaban J connectivity index is 1.99. The minimum Gasteiger partial charge on any atom is -0.454 e. The van der Waals surface area contributed by atoms with E-state index in [1.54, 1.807) is 44.2 Å². The van der Waals surface area contributed by atoms with Gasteiger partial charge in [0.15, 0.2) is 11.5 Å².